The first-order valence-corrected chi connectivity index (χ1v) is 6.26. The van der Waals surface area contributed by atoms with Crippen molar-refractivity contribution in [2.45, 2.75) is 39.8 Å². The van der Waals surface area contributed by atoms with E-state index in [1.54, 1.807) is 13.4 Å². The maximum absolute atomic E-state index is 12.3. The van der Waals surface area contributed by atoms with Crippen LogP contribution in [0.5, 0.6) is 0 Å². The van der Waals surface area contributed by atoms with Crippen LogP contribution in [0.15, 0.2) is 15.9 Å². The zero-order chi connectivity index (χ0) is 13.3. The zero-order valence-electron chi connectivity index (χ0n) is 11.0. The Hall–Kier alpha value is -1.85. The third-order valence-corrected chi connectivity index (χ3v) is 3.01. The van der Waals surface area contributed by atoms with Crippen molar-refractivity contribution in [3.8, 4) is 0 Å². The molecule has 0 N–H and O–H groups in total. The summed E-state index contributed by atoms with van der Waals surface area (Å²) in [6, 6.07) is 0. The molecule has 0 spiro atoms. The minimum absolute atomic E-state index is 0.235. The highest BCUT2D eigenvalue weighted by atomic mass is 16.2. The van der Waals surface area contributed by atoms with Gasteiger partial charge in [0.05, 0.1) is 6.33 Å². The first-order chi connectivity index (χ1) is 8.61. The molecule has 2 aromatic rings. The summed E-state index contributed by atoms with van der Waals surface area (Å²) in [5.74, 6) is 0. The van der Waals surface area contributed by atoms with E-state index in [4.69, 9.17) is 0 Å². The van der Waals surface area contributed by atoms with Crippen molar-refractivity contribution in [2.75, 3.05) is 0 Å². The molecule has 18 heavy (non-hydrogen) atoms. The van der Waals surface area contributed by atoms with Crippen LogP contribution in [0.3, 0.4) is 0 Å². The van der Waals surface area contributed by atoms with Gasteiger partial charge in [0.1, 0.15) is 0 Å². The third-order valence-electron chi connectivity index (χ3n) is 3.01. The van der Waals surface area contributed by atoms with E-state index >= 15 is 0 Å². The second-order valence-electron chi connectivity index (χ2n) is 4.41. The fourth-order valence-corrected chi connectivity index (χ4v) is 2.15. The highest BCUT2D eigenvalue weighted by Gasteiger charge is 2.14. The van der Waals surface area contributed by atoms with Crippen LogP contribution in [0.1, 0.15) is 26.7 Å². The van der Waals surface area contributed by atoms with Crippen LogP contribution in [-0.4, -0.2) is 18.7 Å². The van der Waals surface area contributed by atoms with Gasteiger partial charge in [0, 0.05) is 20.1 Å². The predicted molar refractivity (Wildman–Crippen MR) is 69.8 cm³/mol. The molecule has 0 aliphatic heterocycles. The van der Waals surface area contributed by atoms with Gasteiger partial charge in [-0.15, -0.1) is 0 Å². The molecular formula is C12H18N4O2. The van der Waals surface area contributed by atoms with Gasteiger partial charge in [-0.25, -0.2) is 9.78 Å². The lowest BCUT2D eigenvalue weighted by atomic mass is 10.4. The summed E-state index contributed by atoms with van der Waals surface area (Å²) < 4.78 is 4.55. The van der Waals surface area contributed by atoms with Gasteiger partial charge in [-0.3, -0.25) is 13.9 Å². The van der Waals surface area contributed by atoms with Gasteiger partial charge in [-0.05, 0) is 12.8 Å². The molecule has 0 unspecified atom stereocenters. The van der Waals surface area contributed by atoms with Gasteiger partial charge < -0.3 is 4.57 Å². The third kappa shape index (κ3) is 1.77. The minimum Gasteiger partial charge on any atom is -0.325 e. The lowest BCUT2D eigenvalue weighted by Gasteiger charge is -2.08. The van der Waals surface area contributed by atoms with Gasteiger partial charge in [-0.1, -0.05) is 13.8 Å². The Morgan fingerprint density at radius 3 is 2.44 bits per heavy atom. The monoisotopic (exact) mass is 250 g/mol. The molecule has 0 fully saturated rings. The summed E-state index contributed by atoms with van der Waals surface area (Å²) in [5.41, 5.74) is 0.454. The van der Waals surface area contributed by atoms with Gasteiger partial charge in [0.15, 0.2) is 11.2 Å². The number of aryl methyl sites for hydroxylation is 2. The Bertz CT molecular complexity index is 678. The van der Waals surface area contributed by atoms with E-state index in [9.17, 15) is 9.59 Å². The van der Waals surface area contributed by atoms with Crippen LogP contribution in [-0.2, 0) is 20.1 Å². The van der Waals surface area contributed by atoms with Gasteiger partial charge in [0.2, 0.25) is 0 Å². The second kappa shape index (κ2) is 4.80. The number of imidazole rings is 1. The Balaban J connectivity index is 2.84. The topological polar surface area (TPSA) is 61.8 Å². The molecule has 0 aliphatic rings. The molecule has 0 aliphatic carbocycles. The van der Waals surface area contributed by atoms with E-state index in [-0.39, 0.29) is 11.2 Å². The van der Waals surface area contributed by atoms with Crippen molar-refractivity contribution in [3.05, 3.63) is 27.2 Å². The van der Waals surface area contributed by atoms with Crippen molar-refractivity contribution in [3.63, 3.8) is 0 Å². The van der Waals surface area contributed by atoms with E-state index in [2.05, 4.69) is 4.98 Å². The Morgan fingerprint density at radius 2 is 1.83 bits per heavy atom. The molecule has 0 radical (unpaired) electrons. The van der Waals surface area contributed by atoms with Crippen LogP contribution in [0, 0.1) is 0 Å². The summed E-state index contributed by atoms with van der Waals surface area (Å²) in [7, 11) is 1.65. The fraction of sp³-hybridized carbons (Fsp3) is 0.583. The molecule has 0 atom stereocenters. The van der Waals surface area contributed by atoms with Crippen LogP contribution >= 0.6 is 0 Å². The highest BCUT2D eigenvalue weighted by molar-refractivity contribution is 5.69. The molecule has 0 amide bonds. The SMILES string of the molecule is CCCn1c(=O)c2c(ncn2CCC)n(C)c1=O. The second-order valence-corrected chi connectivity index (χ2v) is 4.41. The Labute approximate surface area is 104 Å². The Morgan fingerprint density at radius 1 is 1.17 bits per heavy atom. The van der Waals surface area contributed by atoms with E-state index in [1.165, 1.54) is 9.13 Å². The number of fused-ring (bicyclic) bond motifs is 1. The molecule has 6 nitrogen and oxygen atoms in total. The smallest absolute Gasteiger partial charge is 0.325 e. The minimum atomic E-state index is -0.295. The lowest BCUT2D eigenvalue weighted by molar-refractivity contribution is 0.588. The molecule has 0 aromatic carbocycles. The lowest BCUT2D eigenvalue weighted by Crippen LogP contribution is -2.39. The molecule has 0 bridgehead atoms. The van der Waals surface area contributed by atoms with Crippen molar-refractivity contribution >= 4 is 11.2 Å². The van der Waals surface area contributed by atoms with Gasteiger partial charge in [0.25, 0.3) is 5.56 Å². The van der Waals surface area contributed by atoms with E-state index < -0.39 is 0 Å². The molecule has 2 aromatic heterocycles. The molecule has 0 saturated heterocycles. The van der Waals surface area contributed by atoms with Crippen molar-refractivity contribution in [1.29, 1.82) is 0 Å². The Kier molecular flexibility index (Phi) is 3.36. The van der Waals surface area contributed by atoms with Crippen LogP contribution in [0.25, 0.3) is 11.2 Å². The van der Waals surface area contributed by atoms with E-state index in [1.807, 2.05) is 18.4 Å². The first kappa shape index (κ1) is 12.6. The van der Waals surface area contributed by atoms with E-state index in [0.717, 1.165) is 19.4 Å². The van der Waals surface area contributed by atoms with Crippen molar-refractivity contribution < 1.29 is 0 Å². The molecule has 2 heterocycles. The largest absolute Gasteiger partial charge is 0.332 e. The fourth-order valence-electron chi connectivity index (χ4n) is 2.15. The maximum Gasteiger partial charge on any atom is 0.332 e. The summed E-state index contributed by atoms with van der Waals surface area (Å²) in [5, 5.41) is 0. The average Bonchev–Trinajstić information content (AvgIpc) is 2.76. The van der Waals surface area contributed by atoms with Gasteiger partial charge >= 0.3 is 5.69 Å². The number of nitrogens with zero attached hydrogens (tertiary/aromatic N) is 4. The quantitative estimate of drug-likeness (QED) is 0.803. The summed E-state index contributed by atoms with van der Waals surface area (Å²) >= 11 is 0. The molecule has 6 heteroatoms. The number of aromatic nitrogens is 4. The van der Waals surface area contributed by atoms with Crippen molar-refractivity contribution in [2.24, 2.45) is 7.05 Å². The number of hydrogen-bond donors (Lipinski definition) is 0. The van der Waals surface area contributed by atoms with Gasteiger partial charge in [-0.2, -0.15) is 0 Å². The predicted octanol–water partition coefficient (Wildman–Crippen LogP) is 0.717. The van der Waals surface area contributed by atoms with Crippen LogP contribution < -0.4 is 11.2 Å². The highest BCUT2D eigenvalue weighted by Crippen LogP contribution is 2.06. The molecular weight excluding hydrogens is 232 g/mol. The molecule has 0 saturated carbocycles. The number of rotatable bonds is 4. The van der Waals surface area contributed by atoms with Crippen LogP contribution in [0.2, 0.25) is 0 Å². The standard InChI is InChI=1S/C12H18N4O2/c1-4-6-15-8-13-10-9(15)11(17)16(7-5-2)12(18)14(10)3/h8H,4-7H2,1-3H3. The summed E-state index contributed by atoms with van der Waals surface area (Å²) in [6.07, 6.45) is 3.30. The average molecular weight is 250 g/mol. The normalized spacial score (nSPS) is 11.3. The summed E-state index contributed by atoms with van der Waals surface area (Å²) in [4.78, 5) is 28.5. The first-order valence-electron chi connectivity index (χ1n) is 6.26. The molecule has 2 rings (SSSR count). The zero-order valence-corrected chi connectivity index (χ0v) is 11.0. The molecule has 98 valence electrons. The maximum atomic E-state index is 12.3. The van der Waals surface area contributed by atoms with E-state index in [0.29, 0.717) is 17.7 Å². The van der Waals surface area contributed by atoms with Crippen LogP contribution in [0.4, 0.5) is 0 Å². The number of hydrogen-bond acceptors (Lipinski definition) is 3. The summed E-state index contributed by atoms with van der Waals surface area (Å²) in [6.45, 7) is 5.16. The van der Waals surface area contributed by atoms with Crippen molar-refractivity contribution in [1.82, 2.24) is 18.7 Å².